The van der Waals surface area contributed by atoms with Crippen molar-refractivity contribution in [1.29, 1.82) is 0 Å². The van der Waals surface area contributed by atoms with Crippen LogP contribution in [0.3, 0.4) is 0 Å². The fourth-order valence-corrected chi connectivity index (χ4v) is 5.20. The molecular formula is C15H21NO2S. The summed E-state index contributed by atoms with van der Waals surface area (Å²) >= 11 is 1.74. The van der Waals surface area contributed by atoms with Crippen molar-refractivity contribution in [3.05, 3.63) is 15.6 Å². The van der Waals surface area contributed by atoms with Crippen LogP contribution >= 0.6 is 11.3 Å². The van der Waals surface area contributed by atoms with E-state index in [1.54, 1.807) is 11.3 Å². The molecule has 0 aromatic carbocycles. The van der Waals surface area contributed by atoms with E-state index in [1.807, 2.05) is 0 Å². The molecule has 2 aliphatic heterocycles. The summed E-state index contributed by atoms with van der Waals surface area (Å²) in [7, 11) is 0. The standard InChI is InChI=1S/C15H21NO2S/c1-15(2)6-10-13(11(17)7-15)19-14(16-10)9-5-8-3-4-12(9)18-8/h8-9,11-12,17H,3-7H2,1-2H3. The van der Waals surface area contributed by atoms with E-state index in [0.29, 0.717) is 18.1 Å². The Morgan fingerprint density at radius 2 is 2.21 bits per heavy atom. The highest BCUT2D eigenvalue weighted by Crippen LogP contribution is 2.49. The molecule has 3 heterocycles. The van der Waals surface area contributed by atoms with Crippen LogP contribution in [-0.4, -0.2) is 22.3 Å². The molecule has 4 atom stereocenters. The zero-order valence-electron chi connectivity index (χ0n) is 11.6. The van der Waals surface area contributed by atoms with E-state index in [2.05, 4.69) is 13.8 Å². The molecular weight excluding hydrogens is 258 g/mol. The molecule has 19 heavy (non-hydrogen) atoms. The second-order valence-electron chi connectivity index (χ2n) is 7.14. The third-order valence-corrected chi connectivity index (χ3v) is 6.19. The van der Waals surface area contributed by atoms with Gasteiger partial charge in [0.25, 0.3) is 0 Å². The van der Waals surface area contributed by atoms with Gasteiger partial charge in [0, 0.05) is 5.92 Å². The highest BCUT2D eigenvalue weighted by Gasteiger charge is 2.44. The predicted molar refractivity (Wildman–Crippen MR) is 74.4 cm³/mol. The van der Waals surface area contributed by atoms with Gasteiger partial charge in [-0.15, -0.1) is 11.3 Å². The average Bonchev–Trinajstić information content (AvgIpc) is 2.98. The zero-order chi connectivity index (χ0) is 13.2. The topological polar surface area (TPSA) is 42.4 Å². The summed E-state index contributed by atoms with van der Waals surface area (Å²) in [6.07, 6.45) is 5.95. The van der Waals surface area contributed by atoms with Crippen LogP contribution in [0.2, 0.25) is 0 Å². The first-order chi connectivity index (χ1) is 9.02. The zero-order valence-corrected chi connectivity index (χ0v) is 12.4. The van der Waals surface area contributed by atoms with E-state index in [1.165, 1.54) is 17.8 Å². The van der Waals surface area contributed by atoms with Crippen LogP contribution in [0.1, 0.15) is 67.1 Å². The average molecular weight is 279 g/mol. The van der Waals surface area contributed by atoms with Crippen molar-refractivity contribution < 1.29 is 9.84 Å². The molecule has 104 valence electrons. The summed E-state index contributed by atoms with van der Waals surface area (Å²) in [5.41, 5.74) is 1.31. The number of nitrogens with zero attached hydrogens (tertiary/aromatic N) is 1. The fraction of sp³-hybridized carbons (Fsp3) is 0.800. The quantitative estimate of drug-likeness (QED) is 0.858. The van der Waals surface area contributed by atoms with E-state index in [9.17, 15) is 5.11 Å². The van der Waals surface area contributed by atoms with E-state index in [4.69, 9.17) is 9.72 Å². The maximum atomic E-state index is 10.3. The number of aliphatic hydroxyl groups excluding tert-OH is 1. The molecule has 2 fully saturated rings. The second kappa shape index (κ2) is 4.03. The van der Waals surface area contributed by atoms with Gasteiger partial charge in [0.15, 0.2) is 0 Å². The maximum absolute atomic E-state index is 10.3. The molecule has 0 amide bonds. The summed E-state index contributed by atoms with van der Waals surface area (Å²) in [6.45, 7) is 4.44. The fourth-order valence-electron chi connectivity index (χ4n) is 3.97. The molecule has 1 N–H and O–H groups in total. The van der Waals surface area contributed by atoms with Gasteiger partial charge in [-0.2, -0.15) is 0 Å². The van der Waals surface area contributed by atoms with Gasteiger partial charge in [-0.3, -0.25) is 0 Å². The SMILES string of the molecule is CC1(C)Cc2nc(C3CC4CCC3O4)sc2C(O)C1. The number of fused-ring (bicyclic) bond motifs is 3. The van der Waals surface area contributed by atoms with E-state index >= 15 is 0 Å². The first-order valence-electron chi connectivity index (χ1n) is 7.35. The second-order valence-corrected chi connectivity index (χ2v) is 8.20. The highest BCUT2D eigenvalue weighted by atomic mass is 32.1. The summed E-state index contributed by atoms with van der Waals surface area (Å²) in [5.74, 6) is 0.490. The van der Waals surface area contributed by atoms with Crippen LogP contribution in [0.25, 0.3) is 0 Å². The summed E-state index contributed by atoms with van der Waals surface area (Å²) in [4.78, 5) is 6.00. The van der Waals surface area contributed by atoms with Crippen molar-refractivity contribution in [3.8, 4) is 0 Å². The predicted octanol–water partition coefficient (Wildman–Crippen LogP) is 3.18. The lowest BCUT2D eigenvalue weighted by molar-refractivity contribution is 0.100. The van der Waals surface area contributed by atoms with Crippen LogP contribution in [0.4, 0.5) is 0 Å². The van der Waals surface area contributed by atoms with Crippen molar-refractivity contribution in [2.24, 2.45) is 5.41 Å². The number of rotatable bonds is 1. The maximum Gasteiger partial charge on any atom is 0.0989 e. The number of aliphatic hydroxyl groups is 1. The normalized spacial score (nSPS) is 39.5. The Bertz CT molecular complexity index is 510. The van der Waals surface area contributed by atoms with Crippen LogP contribution in [0, 0.1) is 5.41 Å². The minimum absolute atomic E-state index is 0.170. The van der Waals surface area contributed by atoms with Crippen LogP contribution in [0.5, 0.6) is 0 Å². The number of hydrogen-bond donors (Lipinski definition) is 1. The van der Waals surface area contributed by atoms with Gasteiger partial charge in [0.1, 0.15) is 0 Å². The number of aromatic nitrogens is 1. The molecule has 2 saturated heterocycles. The minimum atomic E-state index is -0.315. The molecule has 4 heteroatoms. The molecule has 4 rings (SSSR count). The molecule has 4 unspecified atom stereocenters. The molecule has 2 bridgehead atoms. The van der Waals surface area contributed by atoms with Crippen LogP contribution in [-0.2, 0) is 11.2 Å². The van der Waals surface area contributed by atoms with Crippen molar-refractivity contribution in [1.82, 2.24) is 4.98 Å². The van der Waals surface area contributed by atoms with E-state index in [0.717, 1.165) is 29.8 Å². The molecule has 3 nitrogen and oxygen atoms in total. The molecule has 0 radical (unpaired) electrons. The van der Waals surface area contributed by atoms with Crippen molar-refractivity contribution in [3.63, 3.8) is 0 Å². The number of hydrogen-bond acceptors (Lipinski definition) is 4. The Morgan fingerprint density at radius 3 is 2.89 bits per heavy atom. The largest absolute Gasteiger partial charge is 0.387 e. The Labute approximate surface area is 118 Å². The van der Waals surface area contributed by atoms with Gasteiger partial charge in [-0.05, 0) is 37.5 Å². The molecule has 1 aromatic rings. The monoisotopic (exact) mass is 279 g/mol. The highest BCUT2D eigenvalue weighted by molar-refractivity contribution is 7.12. The third-order valence-electron chi connectivity index (χ3n) is 4.86. The number of ether oxygens (including phenoxy) is 1. The Kier molecular flexibility index (Phi) is 2.61. The Hall–Kier alpha value is -0.450. The number of thiazole rings is 1. The Balaban J connectivity index is 1.66. The van der Waals surface area contributed by atoms with Gasteiger partial charge in [0.2, 0.25) is 0 Å². The van der Waals surface area contributed by atoms with Gasteiger partial charge >= 0.3 is 0 Å². The smallest absolute Gasteiger partial charge is 0.0989 e. The molecule has 0 saturated carbocycles. The summed E-state index contributed by atoms with van der Waals surface area (Å²) in [5, 5.41) is 11.5. The lowest BCUT2D eigenvalue weighted by atomic mass is 9.77. The minimum Gasteiger partial charge on any atom is -0.387 e. The lowest BCUT2D eigenvalue weighted by Gasteiger charge is -2.31. The molecule has 3 aliphatic rings. The lowest BCUT2D eigenvalue weighted by Crippen LogP contribution is -2.24. The van der Waals surface area contributed by atoms with Gasteiger partial charge in [-0.1, -0.05) is 13.8 Å². The van der Waals surface area contributed by atoms with Gasteiger partial charge in [0.05, 0.1) is 33.9 Å². The van der Waals surface area contributed by atoms with Crippen molar-refractivity contribution >= 4 is 11.3 Å². The molecule has 0 spiro atoms. The van der Waals surface area contributed by atoms with Crippen molar-refractivity contribution in [2.75, 3.05) is 0 Å². The van der Waals surface area contributed by atoms with Gasteiger partial charge < -0.3 is 9.84 Å². The van der Waals surface area contributed by atoms with Crippen LogP contribution < -0.4 is 0 Å². The molecule has 1 aliphatic carbocycles. The molecule has 1 aromatic heterocycles. The third kappa shape index (κ3) is 1.96. The van der Waals surface area contributed by atoms with E-state index < -0.39 is 0 Å². The first kappa shape index (κ1) is 12.3. The first-order valence-corrected chi connectivity index (χ1v) is 8.16. The van der Waals surface area contributed by atoms with Crippen LogP contribution in [0.15, 0.2) is 0 Å². The van der Waals surface area contributed by atoms with Gasteiger partial charge in [-0.25, -0.2) is 4.98 Å². The van der Waals surface area contributed by atoms with E-state index in [-0.39, 0.29) is 11.5 Å². The summed E-state index contributed by atoms with van der Waals surface area (Å²) < 4.78 is 5.94. The van der Waals surface area contributed by atoms with Crippen molar-refractivity contribution in [2.45, 2.75) is 70.2 Å². The summed E-state index contributed by atoms with van der Waals surface area (Å²) in [6, 6.07) is 0. The Morgan fingerprint density at radius 1 is 1.37 bits per heavy atom.